The molecule has 0 spiro atoms. The van der Waals surface area contributed by atoms with Crippen LogP contribution in [0.25, 0.3) is 0 Å². The minimum Gasteiger partial charge on any atom is -0.496 e. The number of hydrogen-bond acceptors (Lipinski definition) is 4. The summed E-state index contributed by atoms with van der Waals surface area (Å²) < 4.78 is 5.01. The predicted octanol–water partition coefficient (Wildman–Crippen LogP) is 0.555. The molecule has 0 aliphatic heterocycles. The fourth-order valence-corrected chi connectivity index (χ4v) is 1.28. The molecule has 1 rings (SSSR count). The SMILES string of the molecule is COc1cc(C#N)ccc1CC(O)C(=O)O. The lowest BCUT2D eigenvalue weighted by atomic mass is 10.0. The zero-order chi connectivity index (χ0) is 12.1. The third kappa shape index (κ3) is 2.72. The van der Waals surface area contributed by atoms with Crippen molar-refractivity contribution in [2.45, 2.75) is 12.5 Å². The lowest BCUT2D eigenvalue weighted by Gasteiger charge is -2.10. The maximum Gasteiger partial charge on any atom is 0.332 e. The van der Waals surface area contributed by atoms with Crippen molar-refractivity contribution in [1.29, 1.82) is 5.26 Å². The number of aliphatic carboxylic acids is 1. The highest BCUT2D eigenvalue weighted by atomic mass is 16.5. The van der Waals surface area contributed by atoms with E-state index < -0.39 is 12.1 Å². The number of carboxylic acid groups (broad SMARTS) is 1. The second kappa shape index (κ2) is 5.14. The van der Waals surface area contributed by atoms with Gasteiger partial charge in [0.05, 0.1) is 18.7 Å². The molecule has 0 saturated carbocycles. The number of aliphatic hydroxyl groups is 1. The first-order valence-electron chi connectivity index (χ1n) is 4.56. The number of nitrogens with zero attached hydrogens (tertiary/aromatic N) is 1. The minimum absolute atomic E-state index is 0.0514. The quantitative estimate of drug-likeness (QED) is 0.775. The van der Waals surface area contributed by atoms with Crippen LogP contribution in [0.4, 0.5) is 0 Å². The van der Waals surface area contributed by atoms with Crippen LogP contribution in [0.15, 0.2) is 18.2 Å². The van der Waals surface area contributed by atoms with Crippen molar-refractivity contribution >= 4 is 5.97 Å². The molecule has 1 aromatic carbocycles. The molecule has 0 saturated heterocycles. The second-order valence-electron chi connectivity index (χ2n) is 3.20. The number of rotatable bonds is 4. The molecule has 0 radical (unpaired) electrons. The van der Waals surface area contributed by atoms with Gasteiger partial charge in [-0.15, -0.1) is 0 Å². The molecule has 1 atom stereocenters. The first-order valence-corrected chi connectivity index (χ1v) is 4.56. The van der Waals surface area contributed by atoms with Crippen LogP contribution in [0, 0.1) is 11.3 Å². The van der Waals surface area contributed by atoms with E-state index in [9.17, 15) is 9.90 Å². The Kier molecular flexibility index (Phi) is 3.86. The fourth-order valence-electron chi connectivity index (χ4n) is 1.28. The normalized spacial score (nSPS) is 11.6. The van der Waals surface area contributed by atoms with Crippen LogP contribution >= 0.6 is 0 Å². The summed E-state index contributed by atoms with van der Waals surface area (Å²) in [4.78, 5) is 10.5. The molecule has 84 valence electrons. The first kappa shape index (κ1) is 12.0. The van der Waals surface area contributed by atoms with Gasteiger partial charge < -0.3 is 14.9 Å². The Morgan fingerprint density at radius 2 is 2.31 bits per heavy atom. The number of benzene rings is 1. The summed E-state index contributed by atoms with van der Waals surface area (Å²) >= 11 is 0. The average Bonchev–Trinajstić information content (AvgIpc) is 2.29. The fraction of sp³-hybridized carbons (Fsp3) is 0.273. The van der Waals surface area contributed by atoms with Crippen molar-refractivity contribution < 1.29 is 19.7 Å². The number of carbonyl (C=O) groups is 1. The van der Waals surface area contributed by atoms with Gasteiger partial charge in [-0.2, -0.15) is 5.26 Å². The molecule has 0 aromatic heterocycles. The van der Waals surface area contributed by atoms with E-state index in [4.69, 9.17) is 15.1 Å². The average molecular weight is 221 g/mol. The maximum absolute atomic E-state index is 10.5. The Morgan fingerprint density at radius 1 is 1.62 bits per heavy atom. The van der Waals surface area contributed by atoms with Gasteiger partial charge in [0, 0.05) is 6.42 Å². The molecular formula is C11H11NO4. The molecule has 1 aromatic rings. The van der Waals surface area contributed by atoms with Gasteiger partial charge in [-0.3, -0.25) is 0 Å². The Bertz CT molecular complexity index is 436. The zero-order valence-corrected chi connectivity index (χ0v) is 8.67. The predicted molar refractivity (Wildman–Crippen MR) is 55.1 cm³/mol. The summed E-state index contributed by atoms with van der Waals surface area (Å²) in [5, 5.41) is 26.4. The molecular weight excluding hydrogens is 210 g/mol. The Morgan fingerprint density at radius 3 is 2.81 bits per heavy atom. The number of ether oxygens (including phenoxy) is 1. The Labute approximate surface area is 92.5 Å². The van der Waals surface area contributed by atoms with Gasteiger partial charge in [-0.05, 0) is 17.7 Å². The summed E-state index contributed by atoms with van der Waals surface area (Å²) in [7, 11) is 1.42. The number of hydrogen-bond donors (Lipinski definition) is 2. The summed E-state index contributed by atoms with van der Waals surface area (Å²) in [6, 6.07) is 6.57. The lowest BCUT2D eigenvalue weighted by molar-refractivity contribution is -0.146. The van der Waals surface area contributed by atoms with Crippen molar-refractivity contribution in [2.24, 2.45) is 0 Å². The molecule has 5 heteroatoms. The monoisotopic (exact) mass is 221 g/mol. The molecule has 0 aliphatic rings. The lowest BCUT2D eigenvalue weighted by Crippen LogP contribution is -2.22. The third-order valence-electron chi connectivity index (χ3n) is 2.11. The van der Waals surface area contributed by atoms with Gasteiger partial charge in [-0.25, -0.2) is 4.79 Å². The molecule has 0 amide bonds. The summed E-state index contributed by atoms with van der Waals surface area (Å²) in [5.41, 5.74) is 0.974. The van der Waals surface area contributed by atoms with Crippen LogP contribution in [-0.4, -0.2) is 29.4 Å². The third-order valence-corrected chi connectivity index (χ3v) is 2.11. The number of nitriles is 1. The zero-order valence-electron chi connectivity index (χ0n) is 8.67. The van der Waals surface area contributed by atoms with Crippen LogP contribution in [0.5, 0.6) is 5.75 Å². The van der Waals surface area contributed by atoms with E-state index in [2.05, 4.69) is 0 Å². The van der Waals surface area contributed by atoms with E-state index in [1.807, 2.05) is 6.07 Å². The standard InChI is InChI=1S/C11H11NO4/c1-16-10-4-7(6-12)2-3-8(10)5-9(13)11(14)15/h2-4,9,13H,5H2,1H3,(H,14,15). The summed E-state index contributed by atoms with van der Waals surface area (Å²) in [5.74, 6) is -0.884. The molecule has 1 unspecified atom stereocenters. The molecule has 2 N–H and O–H groups in total. The van der Waals surface area contributed by atoms with E-state index in [0.29, 0.717) is 16.9 Å². The number of carboxylic acids is 1. The van der Waals surface area contributed by atoms with Crippen LogP contribution in [0.1, 0.15) is 11.1 Å². The van der Waals surface area contributed by atoms with Gasteiger partial charge in [0.2, 0.25) is 0 Å². The highest BCUT2D eigenvalue weighted by Gasteiger charge is 2.16. The Balaban J connectivity index is 2.97. The van der Waals surface area contributed by atoms with Crippen LogP contribution in [-0.2, 0) is 11.2 Å². The topological polar surface area (TPSA) is 90.5 Å². The van der Waals surface area contributed by atoms with Crippen molar-refractivity contribution in [2.75, 3.05) is 7.11 Å². The molecule has 0 heterocycles. The summed E-state index contributed by atoms with van der Waals surface area (Å²) in [6.45, 7) is 0. The van der Waals surface area contributed by atoms with E-state index in [-0.39, 0.29) is 6.42 Å². The molecule has 0 bridgehead atoms. The molecule has 16 heavy (non-hydrogen) atoms. The molecule has 5 nitrogen and oxygen atoms in total. The Hall–Kier alpha value is -2.06. The van der Waals surface area contributed by atoms with E-state index >= 15 is 0 Å². The van der Waals surface area contributed by atoms with Gasteiger partial charge in [0.1, 0.15) is 5.75 Å². The minimum atomic E-state index is -1.47. The number of methoxy groups -OCH3 is 1. The van der Waals surface area contributed by atoms with Crippen molar-refractivity contribution in [1.82, 2.24) is 0 Å². The van der Waals surface area contributed by atoms with Crippen LogP contribution < -0.4 is 4.74 Å². The van der Waals surface area contributed by atoms with Gasteiger partial charge in [0.25, 0.3) is 0 Å². The van der Waals surface area contributed by atoms with Crippen molar-refractivity contribution in [3.63, 3.8) is 0 Å². The van der Waals surface area contributed by atoms with Crippen molar-refractivity contribution in [3.05, 3.63) is 29.3 Å². The highest BCUT2D eigenvalue weighted by molar-refractivity contribution is 5.72. The smallest absolute Gasteiger partial charge is 0.332 e. The van der Waals surface area contributed by atoms with Gasteiger partial charge in [0.15, 0.2) is 6.10 Å². The largest absolute Gasteiger partial charge is 0.496 e. The highest BCUT2D eigenvalue weighted by Crippen LogP contribution is 2.21. The van der Waals surface area contributed by atoms with E-state index in [1.165, 1.54) is 13.2 Å². The van der Waals surface area contributed by atoms with Gasteiger partial charge in [-0.1, -0.05) is 6.07 Å². The van der Waals surface area contributed by atoms with Gasteiger partial charge >= 0.3 is 5.97 Å². The number of aliphatic hydroxyl groups excluding tert-OH is 1. The second-order valence-corrected chi connectivity index (χ2v) is 3.20. The maximum atomic E-state index is 10.5. The first-order chi connectivity index (χ1) is 7.58. The molecule has 0 aliphatic carbocycles. The molecule has 0 fully saturated rings. The van der Waals surface area contributed by atoms with Crippen LogP contribution in [0.2, 0.25) is 0 Å². The van der Waals surface area contributed by atoms with E-state index in [0.717, 1.165) is 0 Å². The van der Waals surface area contributed by atoms with Crippen LogP contribution in [0.3, 0.4) is 0 Å². The van der Waals surface area contributed by atoms with Crippen molar-refractivity contribution in [3.8, 4) is 11.8 Å². The summed E-state index contributed by atoms with van der Waals surface area (Å²) in [6.07, 6.45) is -1.52. The van der Waals surface area contributed by atoms with E-state index in [1.54, 1.807) is 12.1 Å².